The molecule has 1 amide bonds. The summed E-state index contributed by atoms with van der Waals surface area (Å²) < 4.78 is 0. The van der Waals surface area contributed by atoms with Gasteiger partial charge in [-0.3, -0.25) is 4.79 Å². The Balaban J connectivity index is 1.98. The molecule has 1 aliphatic carbocycles. The average molecular weight is 202 g/mol. The molecule has 2 aromatic rings. The predicted octanol–water partition coefficient (Wildman–Crippen LogP) is 0.850. The summed E-state index contributed by atoms with van der Waals surface area (Å²) in [6.45, 7) is 0. The number of carbonyl (C=O) groups is 1. The van der Waals surface area contributed by atoms with Crippen molar-refractivity contribution in [2.75, 3.05) is 0 Å². The fourth-order valence-electron chi connectivity index (χ4n) is 1.54. The highest BCUT2D eigenvalue weighted by atomic mass is 16.1. The van der Waals surface area contributed by atoms with E-state index in [-0.39, 0.29) is 5.91 Å². The fraction of sp³-hybridized carbons (Fsp3) is 0.300. The third-order valence-electron chi connectivity index (χ3n) is 2.51. The number of nitrogens with zero attached hydrogens (tertiary/aromatic N) is 2. The zero-order valence-electron chi connectivity index (χ0n) is 8.03. The number of nitrogens with one attached hydrogen (secondary N) is 2. The van der Waals surface area contributed by atoms with Crippen LogP contribution in [0.2, 0.25) is 0 Å². The summed E-state index contributed by atoms with van der Waals surface area (Å²) in [5.74, 6) is -0.0430. The number of carbonyl (C=O) groups excluding carboxylic acids is 1. The van der Waals surface area contributed by atoms with Gasteiger partial charge in [0.2, 0.25) is 0 Å². The van der Waals surface area contributed by atoms with Gasteiger partial charge in [-0.05, 0) is 12.8 Å². The van der Waals surface area contributed by atoms with E-state index in [0.717, 1.165) is 18.2 Å². The maximum Gasteiger partial charge on any atom is 0.253 e. The second kappa shape index (κ2) is 3.05. The molecule has 0 saturated heterocycles. The lowest BCUT2D eigenvalue weighted by Gasteiger charge is -2.00. The number of H-pyrrole nitrogens is 1. The number of aromatic amines is 1. The van der Waals surface area contributed by atoms with Crippen molar-refractivity contribution in [3.63, 3.8) is 0 Å². The molecule has 76 valence electrons. The number of rotatable bonds is 2. The average Bonchev–Trinajstić information content (AvgIpc) is 2.96. The molecule has 2 heterocycles. The molecule has 15 heavy (non-hydrogen) atoms. The molecule has 0 aromatic carbocycles. The molecule has 5 heteroatoms. The SMILES string of the molecule is O=C(NC1CC1)c1c[nH]c2ncncc12. The van der Waals surface area contributed by atoms with Crippen LogP contribution >= 0.6 is 0 Å². The first-order chi connectivity index (χ1) is 7.34. The first-order valence-electron chi connectivity index (χ1n) is 4.92. The standard InChI is InChI=1S/C10H10N4O/c15-10(14-6-1-2-6)8-4-12-9-7(8)3-11-5-13-9/h3-6H,1-2H2,(H,14,15)(H,11,12,13). The van der Waals surface area contributed by atoms with Gasteiger partial charge in [0.1, 0.15) is 12.0 Å². The maximum absolute atomic E-state index is 11.8. The van der Waals surface area contributed by atoms with Crippen LogP contribution < -0.4 is 5.32 Å². The quantitative estimate of drug-likeness (QED) is 0.758. The molecule has 5 nitrogen and oxygen atoms in total. The highest BCUT2D eigenvalue weighted by Crippen LogP contribution is 2.21. The first-order valence-corrected chi connectivity index (χ1v) is 4.92. The van der Waals surface area contributed by atoms with Gasteiger partial charge in [0.25, 0.3) is 5.91 Å². The largest absolute Gasteiger partial charge is 0.349 e. The molecule has 0 bridgehead atoms. The summed E-state index contributed by atoms with van der Waals surface area (Å²) in [5.41, 5.74) is 1.32. The Hall–Kier alpha value is -1.91. The third-order valence-corrected chi connectivity index (χ3v) is 2.51. The molecule has 0 atom stereocenters. The van der Waals surface area contributed by atoms with Crippen LogP contribution in [0.3, 0.4) is 0 Å². The summed E-state index contributed by atoms with van der Waals surface area (Å²) in [4.78, 5) is 22.7. The minimum absolute atomic E-state index is 0.0430. The summed E-state index contributed by atoms with van der Waals surface area (Å²) in [6, 6.07) is 0.368. The van der Waals surface area contributed by atoms with Crippen LogP contribution in [-0.4, -0.2) is 26.9 Å². The Kier molecular flexibility index (Phi) is 1.71. The van der Waals surface area contributed by atoms with E-state index in [1.165, 1.54) is 6.33 Å². The van der Waals surface area contributed by atoms with Gasteiger partial charge >= 0.3 is 0 Å². The van der Waals surface area contributed by atoms with E-state index in [9.17, 15) is 4.79 Å². The Labute approximate surface area is 85.9 Å². The number of amides is 1. The molecule has 2 aromatic heterocycles. The zero-order valence-corrected chi connectivity index (χ0v) is 8.03. The number of hydrogen-bond donors (Lipinski definition) is 2. The molecule has 3 rings (SSSR count). The molecule has 1 fully saturated rings. The van der Waals surface area contributed by atoms with E-state index in [2.05, 4.69) is 20.3 Å². The molecule has 0 radical (unpaired) electrons. The molecule has 1 aliphatic rings. The van der Waals surface area contributed by atoms with Crippen molar-refractivity contribution in [3.8, 4) is 0 Å². The summed E-state index contributed by atoms with van der Waals surface area (Å²) >= 11 is 0. The lowest BCUT2D eigenvalue weighted by Crippen LogP contribution is -2.25. The van der Waals surface area contributed by atoms with Crippen LogP contribution in [0, 0.1) is 0 Å². The number of fused-ring (bicyclic) bond motifs is 1. The van der Waals surface area contributed by atoms with Crippen molar-refractivity contribution in [2.24, 2.45) is 0 Å². The van der Waals surface area contributed by atoms with E-state index >= 15 is 0 Å². The van der Waals surface area contributed by atoms with Gasteiger partial charge in [0.05, 0.1) is 5.56 Å². The van der Waals surface area contributed by atoms with Crippen molar-refractivity contribution in [1.82, 2.24) is 20.3 Å². The van der Waals surface area contributed by atoms with E-state index in [1.54, 1.807) is 12.4 Å². The van der Waals surface area contributed by atoms with Crippen LogP contribution in [0.1, 0.15) is 23.2 Å². The highest BCUT2D eigenvalue weighted by molar-refractivity contribution is 6.05. The Morgan fingerprint density at radius 1 is 1.53 bits per heavy atom. The molecule has 0 aliphatic heterocycles. The normalized spacial score (nSPS) is 15.5. The summed E-state index contributed by atoms with van der Waals surface area (Å²) in [7, 11) is 0. The van der Waals surface area contributed by atoms with Crippen molar-refractivity contribution < 1.29 is 4.79 Å². The zero-order chi connectivity index (χ0) is 10.3. The Morgan fingerprint density at radius 2 is 2.40 bits per heavy atom. The molecule has 1 saturated carbocycles. The minimum Gasteiger partial charge on any atom is -0.349 e. The van der Waals surface area contributed by atoms with Crippen molar-refractivity contribution in [1.29, 1.82) is 0 Å². The van der Waals surface area contributed by atoms with Gasteiger partial charge in [-0.1, -0.05) is 0 Å². The Morgan fingerprint density at radius 3 is 3.20 bits per heavy atom. The van der Waals surface area contributed by atoms with Gasteiger partial charge in [-0.15, -0.1) is 0 Å². The number of hydrogen-bond acceptors (Lipinski definition) is 3. The van der Waals surface area contributed by atoms with Crippen molar-refractivity contribution in [3.05, 3.63) is 24.3 Å². The lowest BCUT2D eigenvalue weighted by molar-refractivity contribution is 0.0953. The summed E-state index contributed by atoms with van der Waals surface area (Å²) in [5, 5.41) is 3.71. The maximum atomic E-state index is 11.8. The van der Waals surface area contributed by atoms with Crippen LogP contribution in [-0.2, 0) is 0 Å². The monoisotopic (exact) mass is 202 g/mol. The van der Waals surface area contributed by atoms with Crippen molar-refractivity contribution >= 4 is 16.9 Å². The second-order valence-corrected chi connectivity index (χ2v) is 3.74. The van der Waals surface area contributed by atoms with Gasteiger partial charge in [-0.2, -0.15) is 0 Å². The smallest absolute Gasteiger partial charge is 0.253 e. The van der Waals surface area contributed by atoms with Crippen LogP contribution in [0.25, 0.3) is 11.0 Å². The second-order valence-electron chi connectivity index (χ2n) is 3.74. The molecule has 0 unspecified atom stereocenters. The topological polar surface area (TPSA) is 70.7 Å². The van der Waals surface area contributed by atoms with Crippen molar-refractivity contribution in [2.45, 2.75) is 18.9 Å². The van der Waals surface area contributed by atoms with E-state index in [4.69, 9.17) is 0 Å². The van der Waals surface area contributed by atoms with Gasteiger partial charge in [0.15, 0.2) is 0 Å². The van der Waals surface area contributed by atoms with E-state index in [0.29, 0.717) is 17.3 Å². The van der Waals surface area contributed by atoms with Crippen LogP contribution in [0.15, 0.2) is 18.7 Å². The number of aromatic nitrogens is 3. The van der Waals surface area contributed by atoms with Gasteiger partial charge in [-0.25, -0.2) is 9.97 Å². The fourth-order valence-corrected chi connectivity index (χ4v) is 1.54. The first kappa shape index (κ1) is 8.40. The molecular formula is C10H10N4O. The third kappa shape index (κ3) is 1.45. The molecular weight excluding hydrogens is 192 g/mol. The van der Waals surface area contributed by atoms with E-state index < -0.39 is 0 Å². The minimum atomic E-state index is -0.0430. The van der Waals surface area contributed by atoms with Crippen LogP contribution in [0.5, 0.6) is 0 Å². The predicted molar refractivity (Wildman–Crippen MR) is 54.4 cm³/mol. The van der Waals surface area contributed by atoms with Gasteiger partial charge in [0, 0.05) is 23.8 Å². The lowest BCUT2D eigenvalue weighted by atomic mass is 10.2. The molecule has 2 N–H and O–H groups in total. The van der Waals surface area contributed by atoms with E-state index in [1.807, 2.05) is 0 Å². The van der Waals surface area contributed by atoms with Gasteiger partial charge < -0.3 is 10.3 Å². The summed E-state index contributed by atoms with van der Waals surface area (Å²) in [6.07, 6.45) is 6.97. The Bertz CT molecular complexity index is 515. The van der Waals surface area contributed by atoms with Crippen LogP contribution in [0.4, 0.5) is 0 Å². The molecule has 0 spiro atoms. The highest BCUT2D eigenvalue weighted by Gasteiger charge is 2.24.